The number of benzene rings is 8. The van der Waals surface area contributed by atoms with Crippen LogP contribution in [-0.2, 0) is 16.7 Å². The van der Waals surface area contributed by atoms with E-state index in [2.05, 4.69) is 111 Å². The Kier molecular flexibility index (Phi) is 13.3. The van der Waals surface area contributed by atoms with Crippen LogP contribution in [0.25, 0.3) is 44.1 Å². The molecule has 11 heteroatoms. The van der Waals surface area contributed by atoms with Gasteiger partial charge in [-0.1, -0.05) is 54.5 Å². The highest BCUT2D eigenvalue weighted by Crippen LogP contribution is 2.41. The van der Waals surface area contributed by atoms with Gasteiger partial charge in [0.05, 0.1) is 28.4 Å². The third kappa shape index (κ3) is 9.67. The van der Waals surface area contributed by atoms with Gasteiger partial charge in [-0.3, -0.25) is 4.55 Å². The summed E-state index contributed by atoms with van der Waals surface area (Å²) < 4.78 is 59.2. The molecular formula is C58H51N3O7S. The maximum Gasteiger partial charge on any atom is 0.279 e. The van der Waals surface area contributed by atoms with E-state index in [1.165, 1.54) is 0 Å². The molecule has 0 saturated carbocycles. The Morgan fingerprint density at radius 3 is 1.03 bits per heavy atom. The molecule has 8 aromatic carbocycles. The maximum absolute atomic E-state index is 12.5. The first kappa shape index (κ1) is 46.0. The molecule has 1 atom stereocenters. The minimum absolute atomic E-state index is 0.0928. The highest BCUT2D eigenvalue weighted by molar-refractivity contribution is 7.86. The first-order chi connectivity index (χ1) is 33.6. The summed E-state index contributed by atoms with van der Waals surface area (Å²) in [5.74, 6) is 8.50. The summed E-state index contributed by atoms with van der Waals surface area (Å²) in [6.45, 7) is 1.87. The Morgan fingerprint density at radius 1 is 0.464 bits per heavy atom. The van der Waals surface area contributed by atoms with Crippen molar-refractivity contribution in [3.8, 4) is 57.1 Å². The minimum Gasteiger partial charge on any atom is -0.497 e. The number of fused-ring (bicyclic) bond motifs is 3. The summed E-state index contributed by atoms with van der Waals surface area (Å²) in [5.41, 5.74) is 11.7. The lowest BCUT2D eigenvalue weighted by Gasteiger charge is -2.26. The fraction of sp³-hybridized carbons (Fsp3) is 0.138. The average Bonchev–Trinajstić information content (AvgIpc) is 3.70. The van der Waals surface area contributed by atoms with E-state index in [9.17, 15) is 13.0 Å². The van der Waals surface area contributed by atoms with Gasteiger partial charge < -0.3 is 33.3 Å². The molecule has 1 heterocycles. The molecule has 0 aliphatic rings. The molecule has 0 bridgehead atoms. The number of nitrogens with zero attached hydrogens (tertiary/aromatic N) is 3. The molecule has 9 rings (SSSR count). The third-order valence-electron chi connectivity index (χ3n) is 12.4. The van der Waals surface area contributed by atoms with Crippen LogP contribution in [0.1, 0.15) is 13.3 Å². The lowest BCUT2D eigenvalue weighted by atomic mass is 10.0. The van der Waals surface area contributed by atoms with E-state index in [1.807, 2.05) is 97.1 Å². The summed E-state index contributed by atoms with van der Waals surface area (Å²) in [4.78, 5) is 4.36. The zero-order chi connectivity index (χ0) is 48.1. The molecule has 0 amide bonds. The highest BCUT2D eigenvalue weighted by Gasteiger charge is 2.23. The van der Waals surface area contributed by atoms with Crippen LogP contribution < -0.4 is 28.7 Å². The van der Waals surface area contributed by atoms with E-state index in [0.29, 0.717) is 6.54 Å². The summed E-state index contributed by atoms with van der Waals surface area (Å²) in [6.07, 6.45) is 0.0928. The summed E-state index contributed by atoms with van der Waals surface area (Å²) >= 11 is 0. The van der Waals surface area contributed by atoms with Gasteiger partial charge in [-0.2, -0.15) is 8.42 Å². The number of methoxy groups -OCH3 is 4. The Labute approximate surface area is 403 Å². The van der Waals surface area contributed by atoms with Gasteiger partial charge in [0, 0.05) is 62.5 Å². The number of aryl methyl sites for hydroxylation is 1. The van der Waals surface area contributed by atoms with E-state index in [-0.39, 0.29) is 6.42 Å². The smallest absolute Gasteiger partial charge is 0.279 e. The molecule has 10 nitrogen and oxygen atoms in total. The predicted octanol–water partition coefficient (Wildman–Crippen LogP) is 13.8. The van der Waals surface area contributed by atoms with Crippen LogP contribution in [0.5, 0.6) is 23.0 Å². The predicted molar refractivity (Wildman–Crippen MR) is 279 cm³/mol. The fourth-order valence-electron chi connectivity index (χ4n) is 8.82. The van der Waals surface area contributed by atoms with Crippen molar-refractivity contribution in [3.05, 3.63) is 182 Å². The second-order valence-corrected chi connectivity index (χ2v) is 18.0. The van der Waals surface area contributed by atoms with E-state index >= 15 is 0 Å². The number of aromatic nitrogens is 1. The molecule has 0 fully saturated rings. The van der Waals surface area contributed by atoms with Crippen molar-refractivity contribution in [2.45, 2.75) is 25.1 Å². The van der Waals surface area contributed by atoms with Gasteiger partial charge in [-0.15, -0.1) is 5.92 Å². The second kappa shape index (κ2) is 20.0. The highest BCUT2D eigenvalue weighted by atomic mass is 32.2. The van der Waals surface area contributed by atoms with Crippen molar-refractivity contribution in [2.75, 3.05) is 38.2 Å². The minimum atomic E-state index is -4.43. The Bertz CT molecular complexity index is 3100. The molecule has 0 aliphatic carbocycles. The van der Waals surface area contributed by atoms with Crippen molar-refractivity contribution in [3.63, 3.8) is 0 Å². The molecule has 0 spiro atoms. The van der Waals surface area contributed by atoms with Gasteiger partial charge in [0.2, 0.25) is 0 Å². The van der Waals surface area contributed by atoms with E-state index in [0.717, 1.165) is 101 Å². The molecule has 0 radical (unpaired) electrons. The number of anilines is 6. The first-order valence-corrected chi connectivity index (χ1v) is 23.9. The molecule has 0 aliphatic heterocycles. The second-order valence-electron chi connectivity index (χ2n) is 16.4. The van der Waals surface area contributed by atoms with E-state index < -0.39 is 15.4 Å². The molecule has 1 unspecified atom stereocenters. The maximum atomic E-state index is 12.5. The number of rotatable bonds is 16. The van der Waals surface area contributed by atoms with E-state index in [1.54, 1.807) is 35.4 Å². The standard InChI is InChI=1S/C58H51N3O7S/c1-6-7-54(69(62,63)64)36-37-59-57-38-42(40-8-14-44(15-9-40)60(46-18-26-50(65-2)27-19-46)47-20-28-51(66-3)29-21-47)12-34-55(57)56-35-13-43(39-58(56)59)41-10-16-45(17-11-41)61(48-22-30-52(67-4)31-23-48)49-24-32-53(68-5)33-25-49/h8-35,38-39,54H,36-37H2,1-5H3,(H,62,63,64). The van der Waals surface area contributed by atoms with Crippen LogP contribution in [0, 0.1) is 11.8 Å². The van der Waals surface area contributed by atoms with Gasteiger partial charge in [0.25, 0.3) is 10.1 Å². The van der Waals surface area contributed by atoms with Gasteiger partial charge in [-0.05, 0) is 169 Å². The fourth-order valence-corrected chi connectivity index (χ4v) is 9.49. The van der Waals surface area contributed by atoms with Gasteiger partial charge in [-0.25, -0.2) is 0 Å². The van der Waals surface area contributed by atoms with E-state index in [4.69, 9.17) is 18.9 Å². The summed E-state index contributed by atoms with van der Waals surface area (Å²) in [7, 11) is 2.20. The van der Waals surface area contributed by atoms with Crippen LogP contribution in [0.3, 0.4) is 0 Å². The average molecular weight is 934 g/mol. The Hall–Kier alpha value is -8.17. The molecule has 346 valence electrons. The normalized spacial score (nSPS) is 11.7. The lowest BCUT2D eigenvalue weighted by molar-refractivity contribution is 0.414. The Morgan fingerprint density at radius 2 is 0.754 bits per heavy atom. The Balaban J connectivity index is 1.09. The molecule has 0 saturated heterocycles. The van der Waals surface area contributed by atoms with Gasteiger partial charge >= 0.3 is 0 Å². The van der Waals surface area contributed by atoms with Crippen molar-refractivity contribution < 1.29 is 31.9 Å². The van der Waals surface area contributed by atoms with Crippen molar-refractivity contribution in [2.24, 2.45) is 0 Å². The number of hydrogen-bond donors (Lipinski definition) is 1. The molecule has 9 aromatic rings. The lowest BCUT2D eigenvalue weighted by Crippen LogP contribution is -2.20. The molecule has 69 heavy (non-hydrogen) atoms. The van der Waals surface area contributed by atoms with Crippen LogP contribution >= 0.6 is 0 Å². The van der Waals surface area contributed by atoms with Gasteiger partial charge in [0.15, 0.2) is 0 Å². The zero-order valence-electron chi connectivity index (χ0n) is 39.0. The molecular weight excluding hydrogens is 883 g/mol. The third-order valence-corrected chi connectivity index (χ3v) is 13.5. The van der Waals surface area contributed by atoms with Crippen molar-refractivity contribution in [1.29, 1.82) is 0 Å². The quantitative estimate of drug-likeness (QED) is 0.0749. The molecule has 1 aromatic heterocycles. The topological polar surface area (TPSA) is 103 Å². The first-order valence-electron chi connectivity index (χ1n) is 22.4. The number of ether oxygens (including phenoxy) is 4. The SMILES string of the molecule is CC#CC(CCn1c2cc(-c3ccc(N(c4ccc(OC)cc4)c4ccc(OC)cc4)cc3)ccc2c2ccc(-c3ccc(N(c4ccc(OC)cc4)c4ccc(OC)cc4)cc3)cc21)S(=O)(=O)O. The zero-order valence-corrected chi connectivity index (χ0v) is 39.8. The monoisotopic (exact) mass is 933 g/mol. The van der Waals surface area contributed by atoms with Crippen LogP contribution in [0.15, 0.2) is 182 Å². The van der Waals surface area contributed by atoms with Gasteiger partial charge in [0.1, 0.15) is 28.2 Å². The van der Waals surface area contributed by atoms with Crippen LogP contribution in [-0.4, -0.2) is 51.2 Å². The van der Waals surface area contributed by atoms with Crippen molar-refractivity contribution >= 4 is 66.0 Å². The van der Waals surface area contributed by atoms with Crippen LogP contribution in [0.2, 0.25) is 0 Å². The number of hydrogen-bond acceptors (Lipinski definition) is 8. The van der Waals surface area contributed by atoms with Crippen molar-refractivity contribution in [1.82, 2.24) is 4.57 Å². The summed E-state index contributed by atoms with van der Waals surface area (Å²) in [6, 6.07) is 61.5. The summed E-state index contributed by atoms with van der Waals surface area (Å²) in [5, 5.41) is 0.814. The largest absolute Gasteiger partial charge is 0.497 e. The van der Waals surface area contributed by atoms with Crippen LogP contribution in [0.4, 0.5) is 34.1 Å². The molecule has 1 N–H and O–H groups in total.